The van der Waals surface area contributed by atoms with Crippen LogP contribution in [0.4, 0.5) is 5.13 Å². The fraction of sp³-hybridized carbons (Fsp3) is 0.273. The zero-order valence-corrected chi connectivity index (χ0v) is 12.4. The van der Waals surface area contributed by atoms with Gasteiger partial charge in [-0.15, -0.1) is 11.8 Å². The van der Waals surface area contributed by atoms with Crippen molar-refractivity contribution in [2.75, 3.05) is 11.6 Å². The zero-order valence-electron chi connectivity index (χ0n) is 10.8. The summed E-state index contributed by atoms with van der Waals surface area (Å²) in [6.45, 7) is 1.69. The molecule has 0 saturated carbocycles. The smallest absolute Gasteiger partial charge is 0.300 e. The van der Waals surface area contributed by atoms with Gasteiger partial charge in [-0.25, -0.2) is 9.78 Å². The van der Waals surface area contributed by atoms with E-state index in [0.29, 0.717) is 5.13 Å². The van der Waals surface area contributed by atoms with Crippen molar-refractivity contribution >= 4 is 34.1 Å². The van der Waals surface area contributed by atoms with Crippen molar-refractivity contribution < 1.29 is 4.79 Å². The highest BCUT2D eigenvalue weighted by Gasteiger charge is 2.10. The van der Waals surface area contributed by atoms with Crippen LogP contribution in [0.5, 0.6) is 0 Å². The molecular formula is C11H12N4O3S2. The summed E-state index contributed by atoms with van der Waals surface area (Å²) in [5.74, 6) is -0.374. The third-order valence-corrected chi connectivity index (χ3v) is 4.68. The normalized spacial score (nSPS) is 10.5. The Morgan fingerprint density at radius 1 is 1.55 bits per heavy atom. The van der Waals surface area contributed by atoms with Gasteiger partial charge in [0.15, 0.2) is 5.13 Å². The first kappa shape index (κ1) is 14.5. The molecule has 0 saturated heterocycles. The quantitative estimate of drug-likeness (QED) is 0.809. The molecule has 2 rings (SSSR count). The molecule has 0 aromatic carbocycles. The van der Waals surface area contributed by atoms with Crippen LogP contribution in [-0.4, -0.2) is 26.7 Å². The van der Waals surface area contributed by atoms with Crippen LogP contribution in [0.25, 0.3) is 0 Å². The van der Waals surface area contributed by atoms with Crippen molar-refractivity contribution in [3.63, 3.8) is 0 Å². The number of hydrogen-bond donors (Lipinski definition) is 2. The second-order valence-corrected chi connectivity index (χ2v) is 5.96. The minimum Gasteiger partial charge on any atom is -0.300 e. The van der Waals surface area contributed by atoms with Crippen molar-refractivity contribution in [1.29, 1.82) is 0 Å². The van der Waals surface area contributed by atoms with Crippen molar-refractivity contribution in [1.82, 2.24) is 14.5 Å². The van der Waals surface area contributed by atoms with E-state index in [1.54, 1.807) is 11.8 Å². The Hall–Kier alpha value is -1.87. The van der Waals surface area contributed by atoms with Crippen molar-refractivity contribution in [3.05, 3.63) is 38.8 Å². The van der Waals surface area contributed by atoms with Crippen LogP contribution in [0, 0.1) is 6.92 Å². The highest BCUT2D eigenvalue weighted by atomic mass is 32.2. The van der Waals surface area contributed by atoms with Crippen LogP contribution in [0.2, 0.25) is 0 Å². The Morgan fingerprint density at radius 3 is 2.90 bits per heavy atom. The van der Waals surface area contributed by atoms with Crippen LogP contribution in [0.3, 0.4) is 0 Å². The highest BCUT2D eigenvalue weighted by Crippen LogP contribution is 2.30. The number of nitrogens with zero attached hydrogens (tertiary/aromatic N) is 2. The maximum absolute atomic E-state index is 11.8. The molecule has 2 heterocycles. The summed E-state index contributed by atoms with van der Waals surface area (Å²) in [6, 6.07) is 1.19. The van der Waals surface area contributed by atoms with Crippen LogP contribution in [0.1, 0.15) is 5.69 Å². The number of amides is 1. The predicted molar refractivity (Wildman–Crippen MR) is 78.6 cm³/mol. The number of thiazole rings is 1. The van der Waals surface area contributed by atoms with E-state index in [9.17, 15) is 14.4 Å². The summed E-state index contributed by atoms with van der Waals surface area (Å²) in [6.07, 6.45) is 3.22. The van der Waals surface area contributed by atoms with Crippen molar-refractivity contribution in [3.8, 4) is 0 Å². The molecule has 0 aliphatic heterocycles. The average Bonchev–Trinajstić information content (AvgIpc) is 2.73. The molecular weight excluding hydrogens is 300 g/mol. The van der Waals surface area contributed by atoms with Gasteiger partial charge in [0.05, 0.1) is 9.90 Å². The summed E-state index contributed by atoms with van der Waals surface area (Å²) in [7, 11) is 0. The molecule has 7 nitrogen and oxygen atoms in total. The number of H-pyrrole nitrogens is 1. The molecule has 2 aromatic rings. The number of hydrogen-bond acceptors (Lipinski definition) is 6. The number of aromatic nitrogens is 3. The van der Waals surface area contributed by atoms with Crippen molar-refractivity contribution in [2.24, 2.45) is 0 Å². The Balaban J connectivity index is 2.08. The van der Waals surface area contributed by atoms with Gasteiger partial charge in [-0.05, 0) is 13.2 Å². The largest absolute Gasteiger partial charge is 0.328 e. The van der Waals surface area contributed by atoms with Crippen LogP contribution >= 0.6 is 23.1 Å². The van der Waals surface area contributed by atoms with Gasteiger partial charge in [0.25, 0.3) is 5.56 Å². The van der Waals surface area contributed by atoms with E-state index in [0.717, 1.165) is 14.5 Å². The van der Waals surface area contributed by atoms with Gasteiger partial charge >= 0.3 is 5.69 Å². The Morgan fingerprint density at radius 2 is 2.30 bits per heavy atom. The maximum atomic E-state index is 11.8. The fourth-order valence-corrected chi connectivity index (χ4v) is 3.14. The topological polar surface area (TPSA) is 96.9 Å². The van der Waals surface area contributed by atoms with Crippen LogP contribution < -0.4 is 16.6 Å². The number of rotatable bonds is 4. The number of thioether (sulfide) groups is 1. The second-order valence-electron chi connectivity index (χ2n) is 3.88. The lowest BCUT2D eigenvalue weighted by molar-refractivity contribution is -0.116. The Bertz CT molecular complexity index is 747. The van der Waals surface area contributed by atoms with E-state index in [1.165, 1.54) is 23.6 Å². The second kappa shape index (κ2) is 6.06. The van der Waals surface area contributed by atoms with Crippen molar-refractivity contribution in [2.45, 2.75) is 17.7 Å². The highest BCUT2D eigenvalue weighted by molar-refractivity contribution is 8.00. The average molecular weight is 312 g/mol. The first-order valence-corrected chi connectivity index (χ1v) is 7.65. The molecule has 0 radical (unpaired) electrons. The number of aryl methyl sites for hydroxylation is 1. The zero-order chi connectivity index (χ0) is 14.7. The van der Waals surface area contributed by atoms with Gasteiger partial charge in [-0.3, -0.25) is 19.1 Å². The number of aromatic amines is 1. The van der Waals surface area contributed by atoms with E-state index in [-0.39, 0.29) is 12.5 Å². The summed E-state index contributed by atoms with van der Waals surface area (Å²) >= 11 is 2.94. The fourth-order valence-electron chi connectivity index (χ4n) is 1.51. The molecule has 0 aliphatic rings. The molecule has 0 fully saturated rings. The summed E-state index contributed by atoms with van der Waals surface area (Å²) in [5.41, 5.74) is -0.251. The van der Waals surface area contributed by atoms with Gasteiger partial charge in [0, 0.05) is 12.3 Å². The Kier molecular flexibility index (Phi) is 4.40. The minimum atomic E-state index is -0.618. The Labute approximate surface area is 122 Å². The predicted octanol–water partition coefficient (Wildman–Crippen LogP) is 0.662. The molecule has 2 aromatic heterocycles. The molecule has 0 bridgehead atoms. The van der Waals surface area contributed by atoms with E-state index in [4.69, 9.17) is 0 Å². The molecule has 9 heteroatoms. The summed E-state index contributed by atoms with van der Waals surface area (Å²) in [5, 5.41) is 3.13. The van der Waals surface area contributed by atoms with Crippen LogP contribution in [0.15, 0.2) is 26.1 Å². The third-order valence-electron chi connectivity index (χ3n) is 2.40. The molecule has 0 unspecified atom stereocenters. The first-order chi connectivity index (χ1) is 9.49. The number of carbonyl (C=O) groups excluding carboxylic acids is 1. The first-order valence-electron chi connectivity index (χ1n) is 5.60. The molecule has 20 heavy (non-hydrogen) atoms. The van der Waals surface area contributed by atoms with Gasteiger partial charge in [0.2, 0.25) is 5.91 Å². The van der Waals surface area contributed by atoms with Gasteiger partial charge < -0.3 is 5.32 Å². The monoisotopic (exact) mass is 312 g/mol. The standard InChI is InChI=1S/C11H12N4O3S2/c1-6-9(19-2)20-10(12-6)13-8(17)5-15-4-3-7(16)14-11(15)18/h3-4H,5H2,1-2H3,(H,12,13,17)(H,14,16,18). The van der Waals surface area contributed by atoms with E-state index in [2.05, 4.69) is 15.3 Å². The molecule has 106 valence electrons. The van der Waals surface area contributed by atoms with E-state index in [1.807, 2.05) is 13.2 Å². The molecule has 0 spiro atoms. The lowest BCUT2D eigenvalue weighted by Gasteiger charge is -2.03. The third kappa shape index (κ3) is 3.36. The van der Waals surface area contributed by atoms with Gasteiger partial charge in [-0.2, -0.15) is 0 Å². The number of nitrogens with one attached hydrogen (secondary N) is 2. The number of carbonyl (C=O) groups is 1. The molecule has 2 N–H and O–H groups in total. The molecule has 0 aliphatic carbocycles. The lowest BCUT2D eigenvalue weighted by atomic mass is 10.5. The maximum Gasteiger partial charge on any atom is 0.328 e. The minimum absolute atomic E-state index is 0.178. The SMILES string of the molecule is CSc1sc(NC(=O)Cn2ccc(=O)[nH]c2=O)nc1C. The molecule has 1 amide bonds. The summed E-state index contributed by atoms with van der Waals surface area (Å²) in [4.78, 5) is 40.5. The number of anilines is 1. The van der Waals surface area contributed by atoms with Crippen LogP contribution in [-0.2, 0) is 11.3 Å². The molecule has 0 atom stereocenters. The summed E-state index contributed by atoms with van der Waals surface area (Å²) < 4.78 is 2.15. The van der Waals surface area contributed by atoms with E-state index < -0.39 is 11.2 Å². The van der Waals surface area contributed by atoms with E-state index >= 15 is 0 Å². The van der Waals surface area contributed by atoms with Gasteiger partial charge in [-0.1, -0.05) is 11.3 Å². The lowest BCUT2D eigenvalue weighted by Crippen LogP contribution is -2.32. The van der Waals surface area contributed by atoms with Gasteiger partial charge in [0.1, 0.15) is 6.54 Å².